The van der Waals surface area contributed by atoms with Crippen molar-refractivity contribution in [2.45, 2.75) is 58.5 Å². The molecule has 0 amide bonds. The first-order valence-corrected chi connectivity index (χ1v) is 9.54. The summed E-state index contributed by atoms with van der Waals surface area (Å²) in [5.74, 6) is 0.883. The fraction of sp³-hybridized carbons (Fsp3) is 0.524. The third kappa shape index (κ3) is 4.93. The lowest BCUT2D eigenvalue weighted by molar-refractivity contribution is -0.151. The number of hydrogen-bond acceptors (Lipinski definition) is 4. The molecule has 0 unspecified atom stereocenters. The fourth-order valence-corrected chi connectivity index (χ4v) is 3.57. The van der Waals surface area contributed by atoms with Crippen molar-refractivity contribution in [3.8, 4) is 11.3 Å². The highest BCUT2D eigenvalue weighted by molar-refractivity contribution is 5.72. The van der Waals surface area contributed by atoms with E-state index in [1.54, 1.807) is 18.2 Å². The van der Waals surface area contributed by atoms with Crippen molar-refractivity contribution < 1.29 is 18.4 Å². The van der Waals surface area contributed by atoms with Crippen LogP contribution in [0.5, 0.6) is 0 Å². The molecule has 4 nitrogen and oxygen atoms in total. The first kappa shape index (κ1) is 18.6. The first-order chi connectivity index (χ1) is 12.7. The van der Waals surface area contributed by atoms with E-state index in [2.05, 4.69) is 12.1 Å². The molecular formula is C21H26FNO3. The lowest BCUT2D eigenvalue weighted by Gasteiger charge is -2.27. The summed E-state index contributed by atoms with van der Waals surface area (Å²) in [6, 6.07) is 7.72. The highest BCUT2D eigenvalue weighted by Gasteiger charge is 2.27. The molecular weight excluding hydrogens is 333 g/mol. The third-order valence-corrected chi connectivity index (χ3v) is 5.20. The Labute approximate surface area is 153 Å². The summed E-state index contributed by atoms with van der Waals surface area (Å²) in [6.07, 6.45) is 7.89. The van der Waals surface area contributed by atoms with Crippen molar-refractivity contribution in [2.75, 3.05) is 0 Å². The summed E-state index contributed by atoms with van der Waals surface area (Å²) in [5, 5.41) is 3.93. The molecule has 0 aliphatic heterocycles. The normalized spacial score (nSPS) is 20.1. The van der Waals surface area contributed by atoms with E-state index < -0.39 is 0 Å². The first-order valence-electron chi connectivity index (χ1n) is 9.54. The summed E-state index contributed by atoms with van der Waals surface area (Å²) < 4.78 is 23.7. The molecule has 0 atom stereocenters. The largest absolute Gasteiger partial charge is 0.459 e. The molecule has 1 heterocycles. The van der Waals surface area contributed by atoms with Crippen LogP contribution in [0, 0.1) is 17.7 Å². The Morgan fingerprint density at radius 1 is 1.23 bits per heavy atom. The van der Waals surface area contributed by atoms with Crippen LogP contribution < -0.4 is 0 Å². The number of hydrogen-bond donors (Lipinski definition) is 0. The van der Waals surface area contributed by atoms with Gasteiger partial charge in [0.1, 0.15) is 18.1 Å². The van der Waals surface area contributed by atoms with E-state index in [1.165, 1.54) is 31.4 Å². The summed E-state index contributed by atoms with van der Waals surface area (Å²) in [5.41, 5.74) is 1.30. The molecule has 0 N–H and O–H groups in total. The summed E-state index contributed by atoms with van der Waals surface area (Å²) >= 11 is 0. The number of halogens is 1. The lowest BCUT2D eigenvalue weighted by atomic mass is 9.80. The van der Waals surface area contributed by atoms with Gasteiger partial charge >= 0.3 is 5.97 Å². The Balaban J connectivity index is 1.46. The van der Waals surface area contributed by atoms with Gasteiger partial charge in [0.25, 0.3) is 0 Å². The number of nitrogens with zero attached hydrogens (tertiary/aromatic N) is 1. The smallest absolute Gasteiger partial charge is 0.309 e. The van der Waals surface area contributed by atoms with Gasteiger partial charge in [-0.2, -0.15) is 0 Å². The van der Waals surface area contributed by atoms with E-state index in [4.69, 9.17) is 9.26 Å². The van der Waals surface area contributed by atoms with Crippen LogP contribution in [0.3, 0.4) is 0 Å². The molecule has 1 fully saturated rings. The molecule has 5 heteroatoms. The summed E-state index contributed by atoms with van der Waals surface area (Å²) in [6.45, 7) is 2.33. The van der Waals surface area contributed by atoms with Crippen LogP contribution in [0.25, 0.3) is 11.3 Å². The molecule has 1 aromatic carbocycles. The van der Waals surface area contributed by atoms with E-state index >= 15 is 0 Å². The highest BCUT2D eigenvalue weighted by Crippen LogP contribution is 2.32. The van der Waals surface area contributed by atoms with Gasteiger partial charge in [-0.05, 0) is 55.9 Å². The second-order valence-corrected chi connectivity index (χ2v) is 7.16. The van der Waals surface area contributed by atoms with Gasteiger partial charge in [-0.25, -0.2) is 4.39 Å². The Hall–Kier alpha value is -2.17. The zero-order chi connectivity index (χ0) is 18.4. The van der Waals surface area contributed by atoms with Crippen molar-refractivity contribution in [2.24, 2.45) is 11.8 Å². The van der Waals surface area contributed by atoms with Gasteiger partial charge in [0.2, 0.25) is 0 Å². The summed E-state index contributed by atoms with van der Waals surface area (Å²) in [4.78, 5) is 12.3. The minimum atomic E-state index is -0.299. The molecule has 1 aromatic heterocycles. The van der Waals surface area contributed by atoms with Gasteiger partial charge in [-0.15, -0.1) is 0 Å². The number of aromatic nitrogens is 1. The number of benzene rings is 1. The maximum Gasteiger partial charge on any atom is 0.309 e. The standard InChI is InChI=1S/C21H26FNO3/c1-2-3-4-15-5-7-17(8-6-15)21(24)25-14-19-13-20(26-23-19)16-9-11-18(22)12-10-16/h9-13,15,17H,2-8,14H2,1H3. The molecule has 3 rings (SSSR count). The zero-order valence-corrected chi connectivity index (χ0v) is 15.2. The monoisotopic (exact) mass is 359 g/mol. The van der Waals surface area contributed by atoms with Gasteiger partial charge in [-0.1, -0.05) is 31.3 Å². The zero-order valence-electron chi connectivity index (χ0n) is 15.2. The van der Waals surface area contributed by atoms with Gasteiger partial charge in [0.15, 0.2) is 5.76 Å². The molecule has 0 radical (unpaired) electrons. The topological polar surface area (TPSA) is 52.3 Å². The van der Waals surface area contributed by atoms with Crippen LogP contribution in [0.15, 0.2) is 34.9 Å². The van der Waals surface area contributed by atoms with Gasteiger partial charge < -0.3 is 9.26 Å². The number of carbonyl (C=O) groups excluding carboxylic acids is 1. The van der Waals surface area contributed by atoms with Crippen molar-refractivity contribution >= 4 is 5.97 Å². The number of rotatable bonds is 7. The van der Waals surface area contributed by atoms with E-state index in [0.29, 0.717) is 11.5 Å². The molecule has 1 aliphatic carbocycles. The highest BCUT2D eigenvalue weighted by atomic mass is 19.1. The molecule has 140 valence electrons. The molecule has 2 aromatic rings. The van der Waals surface area contributed by atoms with E-state index in [9.17, 15) is 9.18 Å². The summed E-state index contributed by atoms with van der Waals surface area (Å²) in [7, 11) is 0. The number of esters is 1. The van der Waals surface area contributed by atoms with Crippen LogP contribution in [-0.4, -0.2) is 11.1 Å². The SMILES string of the molecule is CCCCC1CCC(C(=O)OCc2cc(-c3ccc(F)cc3)on2)CC1. The second-order valence-electron chi connectivity index (χ2n) is 7.16. The van der Waals surface area contributed by atoms with E-state index in [-0.39, 0.29) is 24.3 Å². The van der Waals surface area contributed by atoms with Crippen LogP contribution in [-0.2, 0) is 16.1 Å². The second kappa shape index (κ2) is 8.97. The maximum atomic E-state index is 13.0. The minimum absolute atomic E-state index is 0.0105. The van der Waals surface area contributed by atoms with Crippen molar-refractivity contribution in [1.82, 2.24) is 5.16 Å². The maximum absolute atomic E-state index is 13.0. The average molecular weight is 359 g/mol. The van der Waals surface area contributed by atoms with Crippen molar-refractivity contribution in [1.29, 1.82) is 0 Å². The van der Waals surface area contributed by atoms with Crippen molar-refractivity contribution in [3.05, 3.63) is 41.8 Å². The van der Waals surface area contributed by atoms with Crippen LogP contribution in [0.1, 0.15) is 57.6 Å². The molecule has 1 saturated carbocycles. The van der Waals surface area contributed by atoms with Crippen LogP contribution in [0.2, 0.25) is 0 Å². The Morgan fingerprint density at radius 3 is 2.65 bits per heavy atom. The quantitative estimate of drug-likeness (QED) is 0.611. The molecule has 0 spiro atoms. The minimum Gasteiger partial charge on any atom is -0.459 e. The lowest BCUT2D eigenvalue weighted by Crippen LogP contribution is -2.23. The fourth-order valence-electron chi connectivity index (χ4n) is 3.57. The van der Waals surface area contributed by atoms with Gasteiger partial charge in [0, 0.05) is 11.6 Å². The predicted octanol–water partition coefficient (Wildman–Crippen LogP) is 5.52. The molecule has 0 bridgehead atoms. The van der Waals surface area contributed by atoms with E-state index in [0.717, 1.165) is 37.2 Å². The Kier molecular flexibility index (Phi) is 6.42. The van der Waals surface area contributed by atoms with Crippen molar-refractivity contribution in [3.63, 3.8) is 0 Å². The Morgan fingerprint density at radius 2 is 1.96 bits per heavy atom. The molecule has 26 heavy (non-hydrogen) atoms. The predicted molar refractivity (Wildman–Crippen MR) is 96.7 cm³/mol. The van der Waals surface area contributed by atoms with Gasteiger partial charge in [-0.3, -0.25) is 4.79 Å². The molecule has 0 saturated heterocycles. The molecule has 1 aliphatic rings. The number of carbonyl (C=O) groups is 1. The third-order valence-electron chi connectivity index (χ3n) is 5.20. The van der Waals surface area contributed by atoms with Crippen LogP contribution >= 0.6 is 0 Å². The Bertz CT molecular complexity index is 702. The number of ether oxygens (including phenoxy) is 1. The van der Waals surface area contributed by atoms with E-state index in [1.807, 2.05) is 0 Å². The van der Waals surface area contributed by atoms with Crippen LogP contribution in [0.4, 0.5) is 4.39 Å². The number of unbranched alkanes of at least 4 members (excludes halogenated alkanes) is 1. The average Bonchev–Trinajstić information content (AvgIpc) is 3.14. The van der Waals surface area contributed by atoms with Gasteiger partial charge in [0.05, 0.1) is 5.92 Å².